The lowest BCUT2D eigenvalue weighted by Crippen LogP contribution is -2.40. The summed E-state index contributed by atoms with van der Waals surface area (Å²) in [6.45, 7) is 0. The molecule has 0 aromatic rings. The fourth-order valence-electron chi connectivity index (χ4n) is 4.68. The van der Waals surface area contributed by atoms with Crippen LogP contribution in [-0.2, 0) is 0 Å². The molecule has 0 unspecified atom stereocenters. The Bertz CT molecular complexity index is 302. The van der Waals surface area contributed by atoms with Crippen molar-refractivity contribution in [3.05, 3.63) is 0 Å². The van der Waals surface area contributed by atoms with Gasteiger partial charge < -0.3 is 0 Å². The number of rotatable bonds is 0. The van der Waals surface area contributed by atoms with Crippen molar-refractivity contribution in [3.8, 4) is 0 Å². The second-order valence-electron chi connectivity index (χ2n) is 7.37. The Hall–Kier alpha value is -0.280. The molecule has 0 spiro atoms. The maximum Gasteiger partial charge on any atom is 0.251 e. The van der Waals surface area contributed by atoms with Crippen LogP contribution in [0.2, 0.25) is 0 Å². The zero-order chi connectivity index (χ0) is 14.4. The molecule has 0 amide bonds. The Kier molecular flexibility index (Phi) is 3.79. The van der Waals surface area contributed by atoms with Gasteiger partial charge in [-0.05, 0) is 63.2 Å². The second kappa shape index (κ2) is 5.17. The first-order chi connectivity index (χ1) is 9.37. The van der Waals surface area contributed by atoms with E-state index in [4.69, 9.17) is 0 Å². The summed E-state index contributed by atoms with van der Waals surface area (Å²) in [5.41, 5.74) is 0. The van der Waals surface area contributed by atoms with Crippen LogP contribution in [0.1, 0.15) is 64.2 Å². The minimum Gasteiger partial charge on any atom is -0.207 e. The minimum absolute atomic E-state index is 0.0470. The van der Waals surface area contributed by atoms with Crippen molar-refractivity contribution in [2.45, 2.75) is 76.1 Å². The van der Waals surface area contributed by atoms with E-state index in [-0.39, 0.29) is 24.7 Å². The van der Waals surface area contributed by atoms with Crippen molar-refractivity contribution in [2.24, 2.45) is 23.7 Å². The van der Waals surface area contributed by atoms with E-state index >= 15 is 0 Å². The van der Waals surface area contributed by atoms with Gasteiger partial charge >= 0.3 is 0 Å². The van der Waals surface area contributed by atoms with Gasteiger partial charge in [-0.3, -0.25) is 0 Å². The molecule has 6 aliphatic carbocycles. The highest BCUT2D eigenvalue weighted by Crippen LogP contribution is 2.50. The zero-order valence-corrected chi connectivity index (χ0v) is 11.9. The number of halogens is 4. The van der Waals surface area contributed by atoms with Gasteiger partial charge in [0.15, 0.2) is 0 Å². The van der Waals surface area contributed by atoms with Crippen molar-refractivity contribution >= 4 is 0 Å². The van der Waals surface area contributed by atoms with Crippen molar-refractivity contribution in [1.82, 2.24) is 0 Å². The van der Waals surface area contributed by atoms with Crippen LogP contribution in [0.4, 0.5) is 17.6 Å². The number of hydrogen-bond donors (Lipinski definition) is 0. The second-order valence-corrected chi connectivity index (χ2v) is 7.37. The largest absolute Gasteiger partial charge is 0.251 e. The van der Waals surface area contributed by atoms with Gasteiger partial charge in [0.1, 0.15) is 0 Å². The quantitative estimate of drug-likeness (QED) is 0.505. The Labute approximate surface area is 118 Å². The summed E-state index contributed by atoms with van der Waals surface area (Å²) >= 11 is 0. The smallest absolute Gasteiger partial charge is 0.207 e. The van der Waals surface area contributed by atoms with Crippen molar-refractivity contribution in [1.29, 1.82) is 0 Å². The molecule has 6 aliphatic rings. The van der Waals surface area contributed by atoms with Crippen molar-refractivity contribution in [2.75, 3.05) is 0 Å². The lowest BCUT2D eigenvalue weighted by atomic mass is 9.68. The molecular weight excluding hydrogens is 268 g/mol. The van der Waals surface area contributed by atoms with Gasteiger partial charge in [0.05, 0.1) is 0 Å². The van der Waals surface area contributed by atoms with Gasteiger partial charge in [-0.25, -0.2) is 17.6 Å². The average molecular weight is 292 g/mol. The molecule has 0 atom stereocenters. The molecule has 6 saturated carbocycles. The molecule has 116 valence electrons. The summed E-state index contributed by atoms with van der Waals surface area (Å²) in [6, 6.07) is 0. The summed E-state index contributed by atoms with van der Waals surface area (Å²) in [5.74, 6) is -6.38. The van der Waals surface area contributed by atoms with Gasteiger partial charge in [-0.2, -0.15) is 0 Å². The van der Waals surface area contributed by atoms with Crippen LogP contribution in [0.15, 0.2) is 0 Å². The van der Waals surface area contributed by atoms with Gasteiger partial charge in [-0.15, -0.1) is 0 Å². The fraction of sp³-hybridized carbons (Fsp3) is 1.00. The minimum atomic E-state index is -2.58. The Morgan fingerprint density at radius 2 is 0.800 bits per heavy atom. The van der Waals surface area contributed by atoms with E-state index in [2.05, 4.69) is 0 Å². The molecule has 0 aromatic carbocycles. The molecule has 0 aromatic heterocycles. The predicted molar refractivity (Wildman–Crippen MR) is 70.0 cm³/mol. The van der Waals surface area contributed by atoms with Gasteiger partial charge in [-0.1, -0.05) is 0 Å². The van der Waals surface area contributed by atoms with Crippen LogP contribution < -0.4 is 0 Å². The topological polar surface area (TPSA) is 0 Å². The van der Waals surface area contributed by atoms with Crippen molar-refractivity contribution in [3.63, 3.8) is 0 Å². The van der Waals surface area contributed by atoms with Gasteiger partial charge in [0, 0.05) is 24.7 Å². The monoisotopic (exact) mass is 292 g/mol. The first kappa shape index (κ1) is 14.6. The highest BCUT2D eigenvalue weighted by Gasteiger charge is 2.49. The molecule has 20 heavy (non-hydrogen) atoms. The fourth-order valence-corrected chi connectivity index (χ4v) is 4.68. The normalized spacial score (nSPS) is 43.8. The van der Waals surface area contributed by atoms with Gasteiger partial charge in [0.25, 0.3) is 11.8 Å². The Morgan fingerprint density at radius 1 is 0.500 bits per heavy atom. The molecular formula is C16H24F4. The number of hydrogen-bond acceptors (Lipinski definition) is 0. The summed E-state index contributed by atoms with van der Waals surface area (Å²) in [6.07, 6.45) is 3.86. The predicted octanol–water partition coefficient (Wildman–Crippen LogP) is 5.66. The molecule has 0 radical (unpaired) electrons. The molecule has 6 fully saturated rings. The van der Waals surface area contributed by atoms with Crippen LogP contribution in [0.3, 0.4) is 0 Å². The molecule has 6 rings (SSSR count). The highest BCUT2D eigenvalue weighted by molar-refractivity contribution is 4.92. The summed E-state index contributed by atoms with van der Waals surface area (Å²) in [7, 11) is 0. The van der Waals surface area contributed by atoms with E-state index < -0.39 is 23.7 Å². The lowest BCUT2D eigenvalue weighted by Gasteiger charge is -2.41. The summed E-state index contributed by atoms with van der Waals surface area (Å²) in [5, 5.41) is 0. The van der Waals surface area contributed by atoms with Crippen LogP contribution >= 0.6 is 0 Å². The third kappa shape index (κ3) is 2.85. The molecule has 0 saturated heterocycles. The van der Waals surface area contributed by atoms with Crippen LogP contribution in [0.25, 0.3) is 0 Å². The van der Waals surface area contributed by atoms with Crippen molar-refractivity contribution < 1.29 is 17.6 Å². The standard InChI is InChI=1S/C16H24F4/c17-15(18)9-11-1-5-13(6-2-11)16(19,20)10-12-3-7-14(15)8-4-12/h11-14H,1-10H2. The maximum atomic E-state index is 14.3. The van der Waals surface area contributed by atoms with E-state index in [1.165, 1.54) is 0 Å². The molecule has 0 nitrogen and oxygen atoms in total. The first-order valence-electron chi connectivity index (χ1n) is 8.12. The van der Waals surface area contributed by atoms with Crippen LogP contribution in [0, 0.1) is 23.7 Å². The van der Waals surface area contributed by atoms with Crippen LogP contribution in [-0.4, -0.2) is 11.8 Å². The SMILES string of the molecule is FC1(F)CC2CCC(CC2)C(F)(F)CC2CCC1CC2. The molecule has 4 bridgehead atoms. The highest BCUT2D eigenvalue weighted by atomic mass is 19.3. The summed E-state index contributed by atoms with van der Waals surface area (Å²) < 4.78 is 57.4. The lowest BCUT2D eigenvalue weighted by molar-refractivity contribution is -0.130. The van der Waals surface area contributed by atoms with E-state index in [0.29, 0.717) is 51.4 Å². The molecule has 4 heteroatoms. The first-order valence-corrected chi connectivity index (χ1v) is 8.12. The Balaban J connectivity index is 1.81. The molecule has 0 N–H and O–H groups in total. The van der Waals surface area contributed by atoms with E-state index in [0.717, 1.165) is 0 Å². The zero-order valence-electron chi connectivity index (χ0n) is 11.9. The Morgan fingerprint density at radius 3 is 1.10 bits per heavy atom. The molecule has 0 aliphatic heterocycles. The third-order valence-corrected chi connectivity index (χ3v) is 6.01. The molecule has 0 heterocycles. The maximum absolute atomic E-state index is 14.3. The number of alkyl halides is 4. The van der Waals surface area contributed by atoms with Gasteiger partial charge in [0.2, 0.25) is 0 Å². The van der Waals surface area contributed by atoms with E-state index in [1.807, 2.05) is 0 Å². The summed E-state index contributed by atoms with van der Waals surface area (Å²) in [4.78, 5) is 0. The van der Waals surface area contributed by atoms with Crippen LogP contribution in [0.5, 0.6) is 0 Å². The average Bonchev–Trinajstić information content (AvgIpc) is 2.38. The van der Waals surface area contributed by atoms with E-state index in [9.17, 15) is 17.6 Å². The van der Waals surface area contributed by atoms with E-state index in [1.54, 1.807) is 0 Å². The third-order valence-electron chi connectivity index (χ3n) is 6.01.